The van der Waals surface area contributed by atoms with Gasteiger partial charge in [-0.25, -0.2) is 14.8 Å². The molecule has 3 rings (SSSR count). The summed E-state index contributed by atoms with van der Waals surface area (Å²) in [6, 6.07) is 7.71. The molecule has 1 fully saturated rings. The molecule has 34 heavy (non-hydrogen) atoms. The highest BCUT2D eigenvalue weighted by Gasteiger charge is 2.35. The Kier molecular flexibility index (Phi) is 7.55. The zero-order chi connectivity index (χ0) is 25.2. The number of ether oxygens (including phenoxy) is 1. The van der Waals surface area contributed by atoms with Gasteiger partial charge in [0, 0.05) is 24.5 Å². The lowest BCUT2D eigenvalue weighted by molar-refractivity contribution is 0.00565. The average molecular weight is 489 g/mol. The molecule has 10 heteroatoms. The summed E-state index contributed by atoms with van der Waals surface area (Å²) >= 11 is 6.19. The number of benzene rings is 1. The number of carbonyl (C=O) groups excluding carboxylic acids is 2. The Bertz CT molecular complexity index is 1040. The van der Waals surface area contributed by atoms with Crippen LogP contribution in [-0.4, -0.2) is 57.6 Å². The summed E-state index contributed by atoms with van der Waals surface area (Å²) in [5.74, 6) is -0.459. The number of amides is 2. The van der Waals surface area contributed by atoms with Gasteiger partial charge in [-0.15, -0.1) is 0 Å². The predicted octanol–water partition coefficient (Wildman–Crippen LogP) is 4.37. The monoisotopic (exact) mass is 488 g/mol. The minimum Gasteiger partial charge on any atom is -0.444 e. The van der Waals surface area contributed by atoms with E-state index in [1.807, 2.05) is 70.7 Å². The largest absolute Gasteiger partial charge is 0.444 e. The quantitative estimate of drug-likeness (QED) is 0.642. The van der Waals surface area contributed by atoms with E-state index < -0.39 is 11.5 Å². The van der Waals surface area contributed by atoms with Crippen LogP contribution in [0, 0.1) is 0 Å². The summed E-state index contributed by atoms with van der Waals surface area (Å²) in [4.78, 5) is 37.1. The van der Waals surface area contributed by atoms with Crippen LogP contribution < -0.4 is 16.0 Å². The highest BCUT2D eigenvalue weighted by molar-refractivity contribution is 6.30. The van der Waals surface area contributed by atoms with Crippen LogP contribution in [0.1, 0.15) is 57.7 Å². The first kappa shape index (κ1) is 25.6. The standard InChI is InChI=1S/C24H33ClN6O3/c1-7-18-20(25)29-22(19(28-18)21(26)32)27-16-8-10-17(11-9-16)30-12-14(2)31(15(3)13-30)23(33)34-24(4,5)6/h8-11,14-15H,7,12-13H2,1-6H3,(H2,26,32)(H,27,29)/t14-,15+. The molecule has 2 aromatic rings. The average Bonchev–Trinajstić information content (AvgIpc) is 2.72. The van der Waals surface area contributed by atoms with Crippen molar-refractivity contribution in [3.8, 4) is 0 Å². The molecule has 2 heterocycles. The van der Waals surface area contributed by atoms with Crippen molar-refractivity contribution in [1.29, 1.82) is 0 Å². The Morgan fingerprint density at radius 2 is 1.74 bits per heavy atom. The van der Waals surface area contributed by atoms with E-state index in [-0.39, 0.29) is 34.8 Å². The van der Waals surface area contributed by atoms with E-state index in [9.17, 15) is 9.59 Å². The fraction of sp³-hybridized carbons (Fsp3) is 0.500. The minimum absolute atomic E-state index is 0.0102. The number of halogens is 1. The number of aryl methyl sites for hydroxylation is 1. The normalized spacial score (nSPS) is 18.6. The maximum Gasteiger partial charge on any atom is 0.410 e. The number of carbonyl (C=O) groups is 2. The number of rotatable bonds is 5. The maximum absolute atomic E-state index is 12.7. The fourth-order valence-corrected chi connectivity index (χ4v) is 4.29. The second-order valence-electron chi connectivity index (χ2n) is 9.54. The summed E-state index contributed by atoms with van der Waals surface area (Å²) < 4.78 is 5.59. The Labute approximate surface area is 205 Å². The van der Waals surface area contributed by atoms with Crippen LogP contribution in [0.3, 0.4) is 0 Å². The third-order valence-corrected chi connectivity index (χ3v) is 5.81. The summed E-state index contributed by atoms with van der Waals surface area (Å²) in [6.07, 6.45) is 0.255. The van der Waals surface area contributed by atoms with E-state index in [1.165, 1.54) is 0 Å². The van der Waals surface area contributed by atoms with Crippen LogP contribution in [0.2, 0.25) is 5.15 Å². The summed E-state index contributed by atoms with van der Waals surface area (Å²) in [5.41, 5.74) is 7.26. The summed E-state index contributed by atoms with van der Waals surface area (Å²) in [7, 11) is 0. The first-order chi connectivity index (χ1) is 15.9. The molecule has 2 amide bonds. The smallest absolute Gasteiger partial charge is 0.410 e. The van der Waals surface area contributed by atoms with Crippen molar-refractivity contribution >= 4 is 40.8 Å². The van der Waals surface area contributed by atoms with Crippen molar-refractivity contribution in [1.82, 2.24) is 14.9 Å². The van der Waals surface area contributed by atoms with E-state index in [0.29, 0.717) is 30.9 Å². The number of nitrogens with two attached hydrogens (primary N) is 1. The molecule has 0 radical (unpaired) electrons. The van der Waals surface area contributed by atoms with Crippen molar-refractivity contribution in [3.63, 3.8) is 0 Å². The van der Waals surface area contributed by atoms with Crippen molar-refractivity contribution in [3.05, 3.63) is 40.8 Å². The third kappa shape index (κ3) is 5.88. The molecule has 0 bridgehead atoms. The van der Waals surface area contributed by atoms with Gasteiger partial charge in [0.2, 0.25) is 0 Å². The Balaban J connectivity index is 1.73. The molecule has 1 saturated heterocycles. The second-order valence-corrected chi connectivity index (χ2v) is 9.90. The number of nitrogens with one attached hydrogen (secondary N) is 1. The van der Waals surface area contributed by atoms with E-state index in [1.54, 1.807) is 0 Å². The molecular weight excluding hydrogens is 456 g/mol. The third-order valence-electron chi connectivity index (χ3n) is 5.51. The minimum atomic E-state index is -0.677. The molecular formula is C24H33ClN6O3. The van der Waals surface area contributed by atoms with E-state index in [2.05, 4.69) is 20.2 Å². The Hall–Kier alpha value is -3.07. The van der Waals surface area contributed by atoms with Gasteiger partial charge in [0.25, 0.3) is 5.91 Å². The van der Waals surface area contributed by atoms with Crippen molar-refractivity contribution in [2.75, 3.05) is 23.3 Å². The van der Waals surface area contributed by atoms with Crippen LogP contribution in [0.15, 0.2) is 24.3 Å². The van der Waals surface area contributed by atoms with Crippen LogP contribution in [0.4, 0.5) is 22.0 Å². The van der Waals surface area contributed by atoms with Crippen LogP contribution in [0.25, 0.3) is 0 Å². The highest BCUT2D eigenvalue weighted by atomic mass is 35.5. The molecule has 0 unspecified atom stereocenters. The van der Waals surface area contributed by atoms with Crippen molar-refractivity contribution in [2.45, 2.75) is 65.6 Å². The van der Waals surface area contributed by atoms with Gasteiger partial charge in [0.15, 0.2) is 16.7 Å². The number of primary amides is 1. The molecule has 1 aliphatic rings. The van der Waals surface area contributed by atoms with E-state index in [0.717, 1.165) is 5.69 Å². The molecule has 0 aliphatic carbocycles. The first-order valence-electron chi connectivity index (χ1n) is 11.4. The molecule has 184 valence electrons. The van der Waals surface area contributed by atoms with Gasteiger partial charge in [-0.1, -0.05) is 18.5 Å². The van der Waals surface area contributed by atoms with Crippen LogP contribution in [-0.2, 0) is 11.2 Å². The zero-order valence-electron chi connectivity index (χ0n) is 20.6. The number of anilines is 3. The maximum atomic E-state index is 12.7. The van der Waals surface area contributed by atoms with Crippen LogP contribution >= 0.6 is 11.6 Å². The SMILES string of the molecule is CCc1nc(C(N)=O)c(Nc2ccc(N3C[C@@H](C)N(C(=O)OC(C)(C)C)[C@@H](C)C3)cc2)nc1Cl. The lowest BCUT2D eigenvalue weighted by Crippen LogP contribution is -2.59. The molecule has 0 spiro atoms. The number of aromatic nitrogens is 2. The van der Waals surface area contributed by atoms with Gasteiger partial charge in [-0.3, -0.25) is 9.69 Å². The number of piperazine rings is 1. The van der Waals surface area contributed by atoms with Crippen LogP contribution in [0.5, 0.6) is 0 Å². The fourth-order valence-electron chi connectivity index (χ4n) is 4.03. The van der Waals surface area contributed by atoms with E-state index in [4.69, 9.17) is 22.1 Å². The topological polar surface area (TPSA) is 114 Å². The number of nitrogens with zero attached hydrogens (tertiary/aromatic N) is 4. The molecule has 1 aliphatic heterocycles. The molecule has 9 nitrogen and oxygen atoms in total. The zero-order valence-corrected chi connectivity index (χ0v) is 21.3. The summed E-state index contributed by atoms with van der Waals surface area (Å²) in [5, 5.41) is 3.32. The lowest BCUT2D eigenvalue weighted by Gasteiger charge is -2.45. The summed E-state index contributed by atoms with van der Waals surface area (Å²) in [6.45, 7) is 12.9. The predicted molar refractivity (Wildman–Crippen MR) is 134 cm³/mol. The molecule has 1 aromatic carbocycles. The van der Waals surface area contributed by atoms with Gasteiger partial charge in [-0.05, 0) is 65.3 Å². The second kappa shape index (κ2) is 10.0. The Morgan fingerprint density at radius 1 is 1.15 bits per heavy atom. The molecule has 0 saturated carbocycles. The molecule has 3 N–H and O–H groups in total. The van der Waals surface area contributed by atoms with Gasteiger partial charge in [0.1, 0.15) is 5.60 Å². The molecule has 1 aromatic heterocycles. The Morgan fingerprint density at radius 3 is 2.24 bits per heavy atom. The number of hydrogen-bond donors (Lipinski definition) is 2. The van der Waals surface area contributed by atoms with Crippen molar-refractivity contribution < 1.29 is 14.3 Å². The van der Waals surface area contributed by atoms with Crippen molar-refractivity contribution in [2.24, 2.45) is 5.73 Å². The van der Waals surface area contributed by atoms with Gasteiger partial charge >= 0.3 is 6.09 Å². The number of hydrogen-bond acceptors (Lipinski definition) is 7. The molecule has 2 atom stereocenters. The van der Waals surface area contributed by atoms with E-state index >= 15 is 0 Å². The lowest BCUT2D eigenvalue weighted by atomic mass is 10.1. The van der Waals surface area contributed by atoms with Gasteiger partial charge in [-0.2, -0.15) is 0 Å². The first-order valence-corrected chi connectivity index (χ1v) is 11.8. The van der Waals surface area contributed by atoms with Gasteiger partial charge in [0.05, 0.1) is 17.8 Å². The van der Waals surface area contributed by atoms with Gasteiger partial charge < -0.3 is 20.7 Å². The highest BCUT2D eigenvalue weighted by Crippen LogP contribution is 2.27.